The summed E-state index contributed by atoms with van der Waals surface area (Å²) in [6.07, 6.45) is 5.45. The average molecular weight is 486 g/mol. The van der Waals surface area contributed by atoms with Gasteiger partial charge in [-0.15, -0.1) is 0 Å². The van der Waals surface area contributed by atoms with E-state index in [0.717, 1.165) is 24.5 Å². The van der Waals surface area contributed by atoms with E-state index in [2.05, 4.69) is 121 Å². The molecule has 1 N–H and O–H groups in total. The first-order valence-electron chi connectivity index (χ1n) is 13.0. The summed E-state index contributed by atoms with van der Waals surface area (Å²) in [4.78, 5) is 0. The first kappa shape index (κ1) is 23.3. The van der Waals surface area contributed by atoms with Crippen LogP contribution in [0.3, 0.4) is 0 Å². The first-order valence-corrected chi connectivity index (χ1v) is 13.0. The maximum atomic E-state index is 5.69. The van der Waals surface area contributed by atoms with Crippen molar-refractivity contribution in [2.24, 2.45) is 0 Å². The molecule has 0 bridgehead atoms. The van der Waals surface area contributed by atoms with Crippen molar-refractivity contribution < 1.29 is 9.47 Å². The predicted molar refractivity (Wildman–Crippen MR) is 153 cm³/mol. The molecule has 0 fully saturated rings. The Kier molecular flexibility index (Phi) is 6.62. The summed E-state index contributed by atoms with van der Waals surface area (Å²) in [6, 6.07) is 37.0. The molecule has 37 heavy (non-hydrogen) atoms. The van der Waals surface area contributed by atoms with E-state index < -0.39 is 0 Å². The summed E-state index contributed by atoms with van der Waals surface area (Å²) in [5.41, 5.74) is 3.77. The highest BCUT2D eigenvalue weighted by atomic mass is 16.7. The highest BCUT2D eigenvalue weighted by molar-refractivity contribution is 5.84. The Labute approximate surface area is 218 Å². The monoisotopic (exact) mass is 485 g/mol. The van der Waals surface area contributed by atoms with Gasteiger partial charge < -0.3 is 14.8 Å². The van der Waals surface area contributed by atoms with Crippen LogP contribution in [0, 0.1) is 0 Å². The number of allylic oxidation sites excluding steroid dienone is 1. The van der Waals surface area contributed by atoms with Crippen molar-refractivity contribution in [3.63, 3.8) is 0 Å². The lowest BCUT2D eigenvalue weighted by Crippen LogP contribution is -2.31. The zero-order valence-corrected chi connectivity index (χ0v) is 21.1. The van der Waals surface area contributed by atoms with E-state index in [1.807, 2.05) is 6.07 Å². The summed E-state index contributed by atoms with van der Waals surface area (Å²) in [5.74, 6) is 1.94. The van der Waals surface area contributed by atoms with Gasteiger partial charge in [-0.2, -0.15) is 0 Å². The molecule has 3 nitrogen and oxygen atoms in total. The molecular formula is C34H31NO2. The van der Waals surface area contributed by atoms with Gasteiger partial charge in [0.05, 0.1) is 0 Å². The summed E-state index contributed by atoms with van der Waals surface area (Å²) in [7, 11) is 0. The molecule has 0 saturated carbocycles. The van der Waals surface area contributed by atoms with Crippen molar-refractivity contribution in [3.05, 3.63) is 126 Å². The molecule has 5 aromatic rings. The molecule has 0 radical (unpaired) electrons. The molecule has 184 valence electrons. The van der Waals surface area contributed by atoms with Gasteiger partial charge in [0, 0.05) is 18.5 Å². The highest BCUT2D eigenvalue weighted by Gasteiger charge is 2.22. The minimum atomic E-state index is 0.257. The Morgan fingerprint density at radius 1 is 0.730 bits per heavy atom. The molecule has 0 aromatic heterocycles. The van der Waals surface area contributed by atoms with Crippen LogP contribution in [-0.4, -0.2) is 12.8 Å². The number of hydrogen-bond donors (Lipinski definition) is 1. The van der Waals surface area contributed by atoms with E-state index in [1.165, 1.54) is 38.2 Å². The van der Waals surface area contributed by atoms with E-state index in [4.69, 9.17) is 9.47 Å². The predicted octanol–water partition coefficient (Wildman–Crippen LogP) is 8.09. The Morgan fingerprint density at radius 2 is 1.43 bits per heavy atom. The van der Waals surface area contributed by atoms with Crippen molar-refractivity contribution in [3.8, 4) is 11.5 Å². The Bertz CT molecular complexity index is 1570. The lowest BCUT2D eigenvalue weighted by Gasteiger charge is -2.25. The largest absolute Gasteiger partial charge is 0.454 e. The number of benzene rings is 5. The summed E-state index contributed by atoms with van der Waals surface area (Å²) >= 11 is 0. The molecule has 1 aliphatic heterocycles. The Morgan fingerprint density at radius 3 is 2.24 bits per heavy atom. The number of ether oxygens (including phenoxy) is 2. The molecule has 3 heteroatoms. The zero-order valence-electron chi connectivity index (χ0n) is 21.1. The van der Waals surface area contributed by atoms with Gasteiger partial charge in [-0.3, -0.25) is 0 Å². The van der Waals surface area contributed by atoms with Crippen LogP contribution in [0.25, 0.3) is 27.6 Å². The fourth-order valence-electron chi connectivity index (χ4n) is 5.20. The quantitative estimate of drug-likeness (QED) is 0.241. The first-order chi connectivity index (χ1) is 18.2. The SMILES string of the molecule is CC(NCc1ccc2ccccc2c1)C(CC=Cc1ccc2ccccc2c1)c1ccc2c(c1)OCO2. The molecule has 2 atom stereocenters. The number of nitrogens with one attached hydrogen (secondary N) is 1. The van der Waals surface area contributed by atoms with Gasteiger partial charge in [0.25, 0.3) is 0 Å². The lowest BCUT2D eigenvalue weighted by molar-refractivity contribution is 0.174. The zero-order chi connectivity index (χ0) is 25.0. The van der Waals surface area contributed by atoms with Crippen LogP contribution in [-0.2, 0) is 6.54 Å². The van der Waals surface area contributed by atoms with Gasteiger partial charge >= 0.3 is 0 Å². The van der Waals surface area contributed by atoms with E-state index in [-0.39, 0.29) is 12.0 Å². The number of hydrogen-bond acceptors (Lipinski definition) is 3. The van der Waals surface area contributed by atoms with Crippen LogP contribution in [0.2, 0.25) is 0 Å². The van der Waals surface area contributed by atoms with E-state index in [1.54, 1.807) is 0 Å². The van der Waals surface area contributed by atoms with E-state index in [0.29, 0.717) is 6.79 Å². The van der Waals surface area contributed by atoms with Gasteiger partial charge in [0.15, 0.2) is 11.5 Å². The third-order valence-corrected chi connectivity index (χ3v) is 7.34. The summed E-state index contributed by atoms with van der Waals surface area (Å²) in [5, 5.41) is 8.88. The molecule has 5 aromatic carbocycles. The third kappa shape index (κ3) is 5.23. The second-order valence-corrected chi connectivity index (χ2v) is 9.81. The van der Waals surface area contributed by atoms with Crippen LogP contribution in [0.15, 0.2) is 109 Å². The topological polar surface area (TPSA) is 30.5 Å². The number of fused-ring (bicyclic) bond motifs is 3. The van der Waals surface area contributed by atoms with Crippen LogP contribution in [0.5, 0.6) is 11.5 Å². The molecule has 6 rings (SSSR count). The summed E-state index contributed by atoms with van der Waals surface area (Å²) in [6.45, 7) is 3.39. The van der Waals surface area contributed by atoms with Gasteiger partial charge in [0.2, 0.25) is 6.79 Å². The van der Waals surface area contributed by atoms with Crippen molar-refractivity contribution in [1.29, 1.82) is 0 Å². The maximum absolute atomic E-state index is 5.69. The van der Waals surface area contributed by atoms with E-state index >= 15 is 0 Å². The van der Waals surface area contributed by atoms with Crippen molar-refractivity contribution in [2.45, 2.75) is 31.8 Å². The second-order valence-electron chi connectivity index (χ2n) is 9.81. The lowest BCUT2D eigenvalue weighted by atomic mass is 9.88. The second kappa shape index (κ2) is 10.5. The molecule has 2 unspecified atom stereocenters. The molecular weight excluding hydrogens is 454 g/mol. The fraction of sp³-hybridized carbons (Fsp3) is 0.176. The van der Waals surface area contributed by atoms with Crippen molar-refractivity contribution in [2.75, 3.05) is 6.79 Å². The Hall–Kier alpha value is -4.08. The van der Waals surface area contributed by atoms with Crippen LogP contribution in [0.1, 0.15) is 36.0 Å². The highest BCUT2D eigenvalue weighted by Crippen LogP contribution is 2.36. The molecule has 1 heterocycles. The Balaban J connectivity index is 1.21. The number of rotatable bonds is 8. The minimum Gasteiger partial charge on any atom is -0.454 e. The molecule has 0 spiro atoms. The molecule has 0 amide bonds. The molecule has 1 aliphatic rings. The van der Waals surface area contributed by atoms with Crippen LogP contribution < -0.4 is 14.8 Å². The van der Waals surface area contributed by atoms with E-state index in [9.17, 15) is 0 Å². The van der Waals surface area contributed by atoms with Crippen LogP contribution >= 0.6 is 0 Å². The average Bonchev–Trinajstić information content (AvgIpc) is 3.42. The van der Waals surface area contributed by atoms with Gasteiger partial charge in [-0.05, 0) is 75.8 Å². The fourth-order valence-corrected chi connectivity index (χ4v) is 5.20. The van der Waals surface area contributed by atoms with Gasteiger partial charge in [0.1, 0.15) is 0 Å². The normalized spacial score (nSPS) is 14.4. The minimum absolute atomic E-state index is 0.257. The standard InChI is InChI=1S/C34H31NO2/c1-24(35-22-26-14-16-28-9-3-5-11-30(28)20-26)32(31-17-18-33-34(21-31)37-23-36-33)12-6-7-25-13-15-27-8-2-4-10-29(27)19-25/h2-11,13-21,24,32,35H,12,22-23H2,1H3. The summed E-state index contributed by atoms with van der Waals surface area (Å²) < 4.78 is 11.2. The molecule has 0 saturated heterocycles. The van der Waals surface area contributed by atoms with Crippen molar-refractivity contribution in [1.82, 2.24) is 5.32 Å². The van der Waals surface area contributed by atoms with Crippen LogP contribution in [0.4, 0.5) is 0 Å². The molecule has 0 aliphatic carbocycles. The smallest absolute Gasteiger partial charge is 0.231 e. The van der Waals surface area contributed by atoms with Crippen molar-refractivity contribution >= 4 is 27.6 Å². The third-order valence-electron chi connectivity index (χ3n) is 7.34. The van der Waals surface area contributed by atoms with Gasteiger partial charge in [-0.25, -0.2) is 0 Å². The maximum Gasteiger partial charge on any atom is 0.231 e. The van der Waals surface area contributed by atoms with Gasteiger partial charge in [-0.1, -0.05) is 91.0 Å².